The van der Waals surface area contributed by atoms with Crippen LogP contribution in [0, 0.1) is 0 Å². The van der Waals surface area contributed by atoms with E-state index >= 15 is 0 Å². The second-order valence-corrected chi connectivity index (χ2v) is 5.82. The molecular formula is C3H7ClO4S2. The molecule has 0 aromatic rings. The summed E-state index contributed by atoms with van der Waals surface area (Å²) in [4.78, 5) is 0. The first-order valence-corrected chi connectivity index (χ1v) is 5.97. The van der Waals surface area contributed by atoms with Crippen LogP contribution in [0.5, 0.6) is 0 Å². The molecule has 0 bridgehead atoms. The molecule has 0 radical (unpaired) electrons. The zero-order chi connectivity index (χ0) is 8.36. The highest BCUT2D eigenvalue weighted by atomic mass is 35.7. The van der Waals surface area contributed by atoms with Crippen molar-refractivity contribution in [2.45, 2.75) is 17.9 Å². The van der Waals surface area contributed by atoms with Gasteiger partial charge in [-0.2, -0.15) is 0 Å². The van der Waals surface area contributed by atoms with E-state index in [4.69, 9.17) is 15.2 Å². The minimum absolute atomic E-state index is 0.0367. The van der Waals surface area contributed by atoms with E-state index in [1.165, 1.54) is 6.92 Å². The summed E-state index contributed by atoms with van der Waals surface area (Å²) in [6.45, 7) is 1.47. The molecule has 0 rings (SSSR count). The van der Waals surface area contributed by atoms with Crippen molar-refractivity contribution in [3.63, 3.8) is 0 Å². The van der Waals surface area contributed by atoms with Crippen molar-refractivity contribution in [1.29, 1.82) is 0 Å². The summed E-state index contributed by atoms with van der Waals surface area (Å²) < 4.78 is 38.0. The lowest BCUT2D eigenvalue weighted by molar-refractivity contribution is 0.552. The minimum Gasteiger partial charge on any atom is -0.305 e. The van der Waals surface area contributed by atoms with Gasteiger partial charge in [-0.3, -0.25) is 0 Å². The lowest BCUT2D eigenvalue weighted by Crippen LogP contribution is -2.20. The fourth-order valence-corrected chi connectivity index (χ4v) is 2.85. The Morgan fingerprint density at radius 3 is 2.10 bits per heavy atom. The average Bonchev–Trinajstić information content (AvgIpc) is 1.60. The molecule has 0 saturated heterocycles. The number of halogens is 1. The zero-order valence-corrected chi connectivity index (χ0v) is 7.54. The van der Waals surface area contributed by atoms with E-state index in [1.54, 1.807) is 0 Å². The third-order valence-electron chi connectivity index (χ3n) is 0.872. The molecule has 0 heterocycles. The highest BCUT2D eigenvalue weighted by Gasteiger charge is 2.26. The topological polar surface area (TPSA) is 71.4 Å². The minimum atomic E-state index is -3.89. The van der Waals surface area contributed by atoms with Gasteiger partial charge in [-0.25, -0.2) is 12.6 Å². The van der Waals surface area contributed by atoms with Crippen molar-refractivity contribution in [2.75, 3.05) is 0 Å². The van der Waals surface area contributed by atoms with Gasteiger partial charge in [0.15, 0.2) is 15.7 Å². The quantitative estimate of drug-likeness (QED) is 0.540. The molecule has 2 atom stereocenters. The Bertz CT molecular complexity index is 221. The lowest BCUT2D eigenvalue weighted by atomic mass is 10.6. The van der Waals surface area contributed by atoms with Gasteiger partial charge < -0.3 is 4.55 Å². The molecule has 0 aromatic carbocycles. The predicted octanol–water partition coefficient (Wildman–Crippen LogP) is 0.513. The van der Waals surface area contributed by atoms with Gasteiger partial charge in [-0.05, 0) is 6.42 Å². The summed E-state index contributed by atoms with van der Waals surface area (Å²) >= 11 is -2.39. The van der Waals surface area contributed by atoms with Crippen LogP contribution in [-0.4, -0.2) is 21.8 Å². The maximum absolute atomic E-state index is 10.4. The molecule has 0 spiro atoms. The van der Waals surface area contributed by atoms with E-state index in [-0.39, 0.29) is 6.42 Å². The monoisotopic (exact) mass is 206 g/mol. The largest absolute Gasteiger partial charge is 0.305 e. The van der Waals surface area contributed by atoms with E-state index in [1.807, 2.05) is 0 Å². The van der Waals surface area contributed by atoms with Crippen molar-refractivity contribution in [3.8, 4) is 0 Å². The highest BCUT2D eigenvalue weighted by molar-refractivity contribution is 8.20. The Labute approximate surface area is 66.3 Å². The summed E-state index contributed by atoms with van der Waals surface area (Å²) in [5.41, 5.74) is 0. The van der Waals surface area contributed by atoms with Crippen LogP contribution < -0.4 is 0 Å². The molecule has 62 valence electrons. The van der Waals surface area contributed by atoms with Gasteiger partial charge in [0.1, 0.15) is 0 Å². The highest BCUT2D eigenvalue weighted by Crippen LogP contribution is 2.13. The average molecular weight is 207 g/mol. The summed E-state index contributed by atoms with van der Waals surface area (Å²) in [5, 5.41) is 0. The van der Waals surface area contributed by atoms with E-state index in [0.717, 1.165) is 0 Å². The molecule has 0 amide bonds. The molecule has 0 aliphatic rings. The second kappa shape index (κ2) is 3.66. The molecule has 0 aliphatic heterocycles. The summed E-state index contributed by atoms with van der Waals surface area (Å²) in [5.74, 6) is 0. The Morgan fingerprint density at radius 1 is 1.70 bits per heavy atom. The van der Waals surface area contributed by atoms with Gasteiger partial charge in [0.05, 0.1) is 0 Å². The fraction of sp³-hybridized carbons (Fsp3) is 1.00. The molecule has 2 unspecified atom stereocenters. The first kappa shape index (κ1) is 10.3. The Morgan fingerprint density at radius 2 is 2.10 bits per heavy atom. The number of hydrogen-bond donors (Lipinski definition) is 1. The molecule has 0 fully saturated rings. The number of rotatable bonds is 3. The van der Waals surface area contributed by atoms with E-state index in [0.29, 0.717) is 0 Å². The van der Waals surface area contributed by atoms with Gasteiger partial charge in [-0.1, -0.05) is 6.92 Å². The molecule has 0 aromatic heterocycles. The van der Waals surface area contributed by atoms with Crippen molar-refractivity contribution in [3.05, 3.63) is 0 Å². The number of hydrogen-bond acceptors (Lipinski definition) is 3. The maximum Gasteiger partial charge on any atom is 0.249 e. The van der Waals surface area contributed by atoms with Crippen LogP contribution in [0.2, 0.25) is 0 Å². The first-order valence-electron chi connectivity index (χ1n) is 2.42. The van der Waals surface area contributed by atoms with E-state index < -0.39 is 24.7 Å². The van der Waals surface area contributed by atoms with Crippen molar-refractivity contribution >= 4 is 30.8 Å². The molecule has 4 nitrogen and oxygen atoms in total. The summed E-state index contributed by atoms with van der Waals surface area (Å²) in [6.07, 6.45) is 0.0367. The van der Waals surface area contributed by atoms with Gasteiger partial charge in [0.2, 0.25) is 9.05 Å². The fourth-order valence-electron chi connectivity index (χ4n) is 0.440. The van der Waals surface area contributed by atoms with Crippen molar-refractivity contribution < 1.29 is 17.2 Å². The zero-order valence-electron chi connectivity index (χ0n) is 5.15. The summed E-state index contributed by atoms with van der Waals surface area (Å²) in [7, 11) is 0.921. The maximum atomic E-state index is 10.4. The van der Waals surface area contributed by atoms with Gasteiger partial charge >= 0.3 is 0 Å². The Kier molecular flexibility index (Phi) is 3.79. The molecular weight excluding hydrogens is 200 g/mol. The third-order valence-corrected chi connectivity index (χ3v) is 4.83. The Hall–Kier alpha value is 0.350. The van der Waals surface area contributed by atoms with Crippen LogP contribution in [0.25, 0.3) is 0 Å². The Balaban J connectivity index is 4.55. The normalized spacial score (nSPS) is 18.3. The van der Waals surface area contributed by atoms with Gasteiger partial charge in [0, 0.05) is 10.7 Å². The van der Waals surface area contributed by atoms with E-state index in [9.17, 15) is 12.6 Å². The third kappa shape index (κ3) is 2.96. The lowest BCUT2D eigenvalue weighted by Gasteiger charge is -2.03. The molecule has 10 heavy (non-hydrogen) atoms. The molecule has 0 saturated carbocycles. The predicted molar refractivity (Wildman–Crippen MR) is 39.6 cm³/mol. The van der Waals surface area contributed by atoms with Gasteiger partial charge in [0.25, 0.3) is 0 Å². The van der Waals surface area contributed by atoms with Crippen LogP contribution in [0.4, 0.5) is 0 Å². The standard InChI is InChI=1S/C3H7ClO4S2/c1-2-3(9(5)6)10(4,7)8/h3H,2H2,1H3,(H,5,6). The summed E-state index contributed by atoms with van der Waals surface area (Å²) in [6, 6.07) is 0. The van der Waals surface area contributed by atoms with Crippen LogP contribution in [0.15, 0.2) is 0 Å². The van der Waals surface area contributed by atoms with Crippen molar-refractivity contribution in [2.24, 2.45) is 0 Å². The van der Waals surface area contributed by atoms with Crippen LogP contribution >= 0.6 is 10.7 Å². The first-order chi connectivity index (χ1) is 4.39. The molecule has 0 aliphatic carbocycles. The second-order valence-electron chi connectivity index (χ2n) is 1.59. The van der Waals surface area contributed by atoms with Crippen molar-refractivity contribution in [1.82, 2.24) is 0 Å². The smallest absolute Gasteiger partial charge is 0.249 e. The molecule has 1 N–H and O–H groups in total. The van der Waals surface area contributed by atoms with Gasteiger partial charge in [-0.15, -0.1) is 0 Å². The van der Waals surface area contributed by atoms with Crippen LogP contribution in [0.3, 0.4) is 0 Å². The SMILES string of the molecule is CCC(S(=O)O)S(=O)(=O)Cl. The van der Waals surface area contributed by atoms with E-state index in [2.05, 4.69) is 0 Å². The molecule has 7 heteroatoms. The van der Waals surface area contributed by atoms with Crippen LogP contribution in [0.1, 0.15) is 13.3 Å². The van der Waals surface area contributed by atoms with Crippen LogP contribution in [-0.2, 0) is 20.1 Å².